The summed E-state index contributed by atoms with van der Waals surface area (Å²) in [5, 5.41) is 3.84. The van der Waals surface area contributed by atoms with Gasteiger partial charge in [-0.2, -0.15) is 4.57 Å². The topological polar surface area (TPSA) is 26.1 Å². The number of hydrogen-bond donors (Lipinski definition) is 1. The van der Waals surface area contributed by atoms with Crippen LogP contribution in [-0.4, -0.2) is 36.1 Å². The predicted molar refractivity (Wildman–Crippen MR) is 175 cm³/mol. The van der Waals surface area contributed by atoms with Crippen LogP contribution in [0.15, 0.2) is 95.0 Å². The maximum Gasteiger partial charge on any atom is 0.213 e. The molecule has 0 amide bonds. The van der Waals surface area contributed by atoms with Crippen molar-refractivity contribution < 1.29 is 28.5 Å². The fourth-order valence-electron chi connectivity index (χ4n) is 6.33. The molecule has 4 nitrogen and oxygen atoms in total. The average Bonchev–Trinajstić information content (AvgIpc) is 3.59. The van der Waals surface area contributed by atoms with Crippen LogP contribution < -0.4 is 33.4 Å². The van der Waals surface area contributed by atoms with Gasteiger partial charge in [0, 0.05) is 46.7 Å². The van der Waals surface area contributed by atoms with E-state index in [1.807, 2.05) is 11.8 Å². The molecule has 0 saturated carbocycles. The summed E-state index contributed by atoms with van der Waals surface area (Å²) >= 11 is 1.90. The molecule has 0 bridgehead atoms. The Bertz CT molecular complexity index is 1770. The van der Waals surface area contributed by atoms with Crippen LogP contribution in [0.1, 0.15) is 42.5 Å². The molecule has 7 rings (SSSR count). The first-order valence-electron chi connectivity index (χ1n) is 14.9. The summed E-state index contributed by atoms with van der Waals surface area (Å²) in [6.07, 6.45) is 14.3. The van der Waals surface area contributed by atoms with E-state index in [1.54, 1.807) is 0 Å². The van der Waals surface area contributed by atoms with Crippen molar-refractivity contribution >= 4 is 57.5 Å². The van der Waals surface area contributed by atoms with E-state index in [9.17, 15) is 0 Å². The number of halogens is 1. The Kier molecular flexibility index (Phi) is 9.03. The number of aromatic nitrogens is 2. The largest absolute Gasteiger partial charge is 1.00 e. The number of nitrogens with one attached hydrogen (secondary N) is 1. The van der Waals surface area contributed by atoms with Crippen LogP contribution in [0.3, 0.4) is 0 Å². The molecule has 0 spiro atoms. The van der Waals surface area contributed by atoms with Gasteiger partial charge >= 0.3 is 0 Å². The van der Waals surface area contributed by atoms with Crippen LogP contribution >= 0.6 is 11.8 Å². The van der Waals surface area contributed by atoms with Crippen molar-refractivity contribution in [2.24, 2.45) is 7.05 Å². The highest BCUT2D eigenvalue weighted by Gasteiger charge is 2.25. The van der Waals surface area contributed by atoms with E-state index in [2.05, 4.69) is 130 Å². The molecule has 42 heavy (non-hydrogen) atoms. The first-order chi connectivity index (χ1) is 20.2. The maximum absolute atomic E-state index is 3.40. The molecule has 0 unspecified atom stereocenters. The molecule has 3 aromatic carbocycles. The minimum absolute atomic E-state index is 0. The van der Waals surface area contributed by atoms with Crippen LogP contribution in [-0.2, 0) is 7.05 Å². The number of H-pyrrole nitrogens is 1. The highest BCUT2D eigenvalue weighted by Crippen LogP contribution is 2.46. The summed E-state index contributed by atoms with van der Waals surface area (Å²) in [5.41, 5.74) is 7.38. The second kappa shape index (κ2) is 13.1. The summed E-state index contributed by atoms with van der Waals surface area (Å²) in [6, 6.07) is 28.5. The van der Waals surface area contributed by atoms with E-state index in [1.165, 1.54) is 99.6 Å². The summed E-state index contributed by atoms with van der Waals surface area (Å²) in [7, 11) is 2.17. The average molecular weight is 685 g/mol. The van der Waals surface area contributed by atoms with Crippen molar-refractivity contribution in [1.82, 2.24) is 9.88 Å². The van der Waals surface area contributed by atoms with Crippen molar-refractivity contribution in [1.29, 1.82) is 0 Å². The van der Waals surface area contributed by atoms with Crippen molar-refractivity contribution in [2.45, 2.75) is 30.6 Å². The van der Waals surface area contributed by atoms with Gasteiger partial charge in [-0.25, -0.2) is 0 Å². The number of hydrogen-bond acceptors (Lipinski definition) is 3. The van der Waals surface area contributed by atoms with E-state index >= 15 is 0 Å². The van der Waals surface area contributed by atoms with Gasteiger partial charge in [-0.05, 0) is 86.4 Å². The standard InChI is InChI=1S/C36H36N4S.HI/c1-38-29(19-18-27-26-37-32-14-5-3-12-30(27)32)24-28(31-13-4-6-15-33(31)38)25-36-40(34-16-7-8-17-35(34)41-36)23-11-22-39-20-9-2-10-21-39;/h3-8,12-19,24-26H,2,9-11,20-23H2,1H3;1H/b36-25-;. The van der Waals surface area contributed by atoms with Gasteiger partial charge in [-0.1, -0.05) is 60.6 Å². The van der Waals surface area contributed by atoms with Crippen LogP contribution in [0.5, 0.6) is 0 Å². The first-order valence-corrected chi connectivity index (χ1v) is 15.7. The monoisotopic (exact) mass is 684 g/mol. The molecular formula is C36H37IN4S. The number of piperidine rings is 1. The third-order valence-corrected chi connectivity index (χ3v) is 9.65. The highest BCUT2D eigenvalue weighted by atomic mass is 127. The molecular weight excluding hydrogens is 647 g/mol. The second-order valence-corrected chi connectivity index (χ2v) is 12.2. The maximum atomic E-state index is 3.40. The second-order valence-electron chi connectivity index (χ2n) is 11.2. The van der Waals surface area contributed by atoms with Gasteiger partial charge in [-0.3, -0.25) is 0 Å². The predicted octanol–water partition coefficient (Wildman–Crippen LogP) is 5.11. The molecule has 1 fully saturated rings. The lowest BCUT2D eigenvalue weighted by Crippen LogP contribution is -3.00. The number of likely N-dealkylation sites (tertiary alicyclic amines) is 1. The SMILES string of the molecule is C[n+]1c(/C=C/c2c[nH]c3ccccc23)cc(/C=C2\Sc3ccccc3N2CCCN2CCCCC2)c2ccccc21.[I-]. The summed E-state index contributed by atoms with van der Waals surface area (Å²) in [6.45, 7) is 4.74. The smallest absolute Gasteiger partial charge is 0.213 e. The number of rotatable bonds is 7. The lowest BCUT2D eigenvalue weighted by molar-refractivity contribution is -0.646. The molecule has 1 N–H and O–H groups in total. The lowest BCUT2D eigenvalue weighted by Gasteiger charge is -2.28. The van der Waals surface area contributed by atoms with Gasteiger partial charge < -0.3 is 38.8 Å². The van der Waals surface area contributed by atoms with Gasteiger partial charge in [0.25, 0.3) is 0 Å². The number of thioether (sulfide) groups is 1. The van der Waals surface area contributed by atoms with E-state index in [0.29, 0.717) is 0 Å². The van der Waals surface area contributed by atoms with Crippen molar-refractivity contribution in [3.8, 4) is 0 Å². The number of fused-ring (bicyclic) bond motifs is 3. The molecule has 0 radical (unpaired) electrons. The third kappa shape index (κ3) is 5.90. The fraction of sp³-hybridized carbons (Fsp3) is 0.250. The molecule has 2 aliphatic rings. The molecule has 1 saturated heterocycles. The Morgan fingerprint density at radius 1 is 0.833 bits per heavy atom. The van der Waals surface area contributed by atoms with Crippen LogP contribution in [0, 0.1) is 0 Å². The van der Waals surface area contributed by atoms with Gasteiger partial charge in [0.15, 0.2) is 0 Å². The number of aryl methyl sites for hydroxylation is 1. The Labute approximate surface area is 270 Å². The number of nitrogens with zero attached hydrogens (tertiary/aromatic N) is 3. The molecule has 0 aliphatic carbocycles. The molecule has 0 atom stereocenters. The van der Waals surface area contributed by atoms with Crippen molar-refractivity contribution in [2.75, 3.05) is 31.1 Å². The zero-order valence-electron chi connectivity index (χ0n) is 24.1. The molecule has 214 valence electrons. The molecule has 4 heterocycles. The normalized spacial score (nSPS) is 16.5. The Morgan fingerprint density at radius 2 is 1.60 bits per heavy atom. The number of aromatic amines is 1. The van der Waals surface area contributed by atoms with Gasteiger partial charge in [0.05, 0.1) is 16.1 Å². The zero-order chi connectivity index (χ0) is 27.6. The molecule has 2 aliphatic heterocycles. The zero-order valence-corrected chi connectivity index (χ0v) is 27.1. The Balaban J connectivity index is 0.00000316. The molecule has 6 heteroatoms. The Hall–Kier alpha value is -3.07. The highest BCUT2D eigenvalue weighted by molar-refractivity contribution is 8.03. The summed E-state index contributed by atoms with van der Waals surface area (Å²) in [4.78, 5) is 9.95. The molecule has 5 aromatic rings. The molecule has 2 aromatic heterocycles. The van der Waals surface area contributed by atoms with Gasteiger partial charge in [0.1, 0.15) is 7.05 Å². The number of pyridine rings is 1. The van der Waals surface area contributed by atoms with E-state index in [0.717, 1.165) is 6.54 Å². The Morgan fingerprint density at radius 3 is 2.48 bits per heavy atom. The fourth-order valence-corrected chi connectivity index (χ4v) is 7.47. The lowest BCUT2D eigenvalue weighted by atomic mass is 10.1. The number of para-hydroxylation sites is 3. The summed E-state index contributed by atoms with van der Waals surface area (Å²) < 4.78 is 2.30. The minimum Gasteiger partial charge on any atom is -1.00 e. The van der Waals surface area contributed by atoms with Gasteiger partial charge in [-0.15, -0.1) is 0 Å². The minimum atomic E-state index is 0. The van der Waals surface area contributed by atoms with Crippen molar-refractivity contribution in [3.63, 3.8) is 0 Å². The third-order valence-electron chi connectivity index (χ3n) is 8.54. The number of benzene rings is 3. The first kappa shape index (κ1) is 29.0. The van der Waals surface area contributed by atoms with Crippen LogP contribution in [0.25, 0.3) is 40.0 Å². The number of anilines is 1. The van der Waals surface area contributed by atoms with E-state index < -0.39 is 0 Å². The quantitative estimate of drug-likeness (QED) is 0.191. The van der Waals surface area contributed by atoms with Crippen LogP contribution in [0.2, 0.25) is 0 Å². The van der Waals surface area contributed by atoms with E-state index in [-0.39, 0.29) is 24.0 Å². The van der Waals surface area contributed by atoms with E-state index in [4.69, 9.17) is 0 Å². The summed E-state index contributed by atoms with van der Waals surface area (Å²) in [5.74, 6) is 0. The van der Waals surface area contributed by atoms with Gasteiger partial charge in [0.2, 0.25) is 11.2 Å². The van der Waals surface area contributed by atoms with Crippen LogP contribution in [0.4, 0.5) is 5.69 Å². The van der Waals surface area contributed by atoms with Crippen molar-refractivity contribution in [3.05, 3.63) is 107 Å².